The lowest BCUT2D eigenvalue weighted by molar-refractivity contribution is 0.0694. The maximum atomic E-state index is 12.1. The van der Waals surface area contributed by atoms with Crippen molar-refractivity contribution in [2.24, 2.45) is 0 Å². The van der Waals surface area contributed by atoms with E-state index in [2.05, 4.69) is 9.97 Å². The molecule has 7 heteroatoms. The van der Waals surface area contributed by atoms with E-state index in [4.69, 9.17) is 15.7 Å². The fourth-order valence-electron chi connectivity index (χ4n) is 1.35. The van der Waals surface area contributed by atoms with Crippen LogP contribution in [0.25, 0.3) is 0 Å². The predicted molar refractivity (Wildman–Crippen MR) is 64.5 cm³/mol. The van der Waals surface area contributed by atoms with Gasteiger partial charge in [0.2, 0.25) is 0 Å². The largest absolute Gasteiger partial charge is 0.383 e. The number of hydrogen-bond donors (Lipinski definition) is 1. The van der Waals surface area contributed by atoms with Gasteiger partial charge in [0.25, 0.3) is 5.91 Å². The first-order valence-corrected chi connectivity index (χ1v) is 5.41. The molecular formula is C11H15N5O2. The SMILES string of the molecule is COCCN(CCC#N)C(=O)c1cncc(N)n1. The van der Waals surface area contributed by atoms with E-state index < -0.39 is 0 Å². The number of carbonyl (C=O) groups excluding carboxylic acids is 1. The van der Waals surface area contributed by atoms with Gasteiger partial charge in [-0.2, -0.15) is 5.26 Å². The highest BCUT2D eigenvalue weighted by molar-refractivity contribution is 5.92. The fraction of sp³-hybridized carbons (Fsp3) is 0.455. The Hall–Kier alpha value is -2.20. The van der Waals surface area contributed by atoms with Crippen LogP contribution >= 0.6 is 0 Å². The van der Waals surface area contributed by atoms with Crippen LogP contribution in [-0.2, 0) is 4.74 Å². The Bertz CT molecular complexity index is 443. The highest BCUT2D eigenvalue weighted by Crippen LogP contribution is 2.04. The summed E-state index contributed by atoms with van der Waals surface area (Å²) in [5.74, 6) is -0.116. The molecule has 1 aromatic rings. The van der Waals surface area contributed by atoms with Gasteiger partial charge in [-0.25, -0.2) is 4.98 Å². The number of nitriles is 1. The van der Waals surface area contributed by atoms with Crippen molar-refractivity contribution in [2.45, 2.75) is 6.42 Å². The lowest BCUT2D eigenvalue weighted by atomic mass is 10.3. The van der Waals surface area contributed by atoms with Crippen LogP contribution in [0.4, 0.5) is 5.82 Å². The zero-order valence-corrected chi connectivity index (χ0v) is 10.2. The summed E-state index contributed by atoms with van der Waals surface area (Å²) in [4.78, 5) is 21.3. The fourth-order valence-corrected chi connectivity index (χ4v) is 1.35. The standard InChI is InChI=1S/C11H15N5O2/c1-18-6-5-16(4-2-3-12)11(17)9-7-14-8-10(13)15-9/h7-8H,2,4-6H2,1H3,(H2,13,15). The molecule has 0 saturated carbocycles. The third-order valence-electron chi connectivity index (χ3n) is 2.22. The van der Waals surface area contributed by atoms with Crippen molar-refractivity contribution >= 4 is 11.7 Å². The molecule has 18 heavy (non-hydrogen) atoms. The van der Waals surface area contributed by atoms with Gasteiger partial charge < -0.3 is 15.4 Å². The van der Waals surface area contributed by atoms with E-state index in [9.17, 15) is 4.79 Å². The normalized spacial score (nSPS) is 9.78. The van der Waals surface area contributed by atoms with Crippen molar-refractivity contribution in [1.29, 1.82) is 5.26 Å². The topological polar surface area (TPSA) is 105 Å². The molecule has 1 amide bonds. The molecule has 0 fully saturated rings. The zero-order chi connectivity index (χ0) is 13.4. The Morgan fingerprint density at radius 3 is 2.94 bits per heavy atom. The Balaban J connectivity index is 2.77. The van der Waals surface area contributed by atoms with E-state index in [1.807, 2.05) is 6.07 Å². The van der Waals surface area contributed by atoms with Gasteiger partial charge >= 0.3 is 0 Å². The number of anilines is 1. The number of nitrogen functional groups attached to an aromatic ring is 1. The molecule has 0 saturated heterocycles. The summed E-state index contributed by atoms with van der Waals surface area (Å²) in [5, 5.41) is 8.57. The minimum absolute atomic E-state index is 0.170. The molecule has 0 atom stereocenters. The minimum atomic E-state index is -0.304. The Morgan fingerprint density at radius 1 is 1.56 bits per heavy atom. The molecule has 2 N–H and O–H groups in total. The number of nitrogens with zero attached hydrogens (tertiary/aromatic N) is 4. The lowest BCUT2D eigenvalue weighted by Gasteiger charge is -2.20. The molecule has 0 aromatic carbocycles. The molecule has 1 heterocycles. The third-order valence-corrected chi connectivity index (χ3v) is 2.22. The van der Waals surface area contributed by atoms with E-state index in [0.717, 1.165) is 0 Å². The molecule has 0 aliphatic carbocycles. The molecule has 0 bridgehead atoms. The van der Waals surface area contributed by atoms with Crippen LogP contribution in [0.1, 0.15) is 16.9 Å². The molecule has 7 nitrogen and oxygen atoms in total. The number of ether oxygens (including phenoxy) is 1. The van der Waals surface area contributed by atoms with Gasteiger partial charge in [-0.15, -0.1) is 0 Å². The molecule has 96 valence electrons. The van der Waals surface area contributed by atoms with E-state index in [1.165, 1.54) is 17.3 Å². The number of aromatic nitrogens is 2. The van der Waals surface area contributed by atoms with Crippen molar-refractivity contribution in [3.8, 4) is 6.07 Å². The van der Waals surface area contributed by atoms with Crippen LogP contribution in [0.3, 0.4) is 0 Å². The monoisotopic (exact) mass is 249 g/mol. The van der Waals surface area contributed by atoms with E-state index >= 15 is 0 Å². The number of nitrogens with two attached hydrogens (primary N) is 1. The second kappa shape index (κ2) is 7.19. The second-order valence-electron chi connectivity index (χ2n) is 3.52. The number of carbonyl (C=O) groups is 1. The highest BCUT2D eigenvalue weighted by atomic mass is 16.5. The summed E-state index contributed by atoms with van der Waals surface area (Å²) < 4.78 is 4.92. The summed E-state index contributed by atoms with van der Waals surface area (Å²) in [6.45, 7) is 1.12. The maximum absolute atomic E-state index is 12.1. The van der Waals surface area contributed by atoms with Crippen molar-refractivity contribution in [2.75, 3.05) is 32.5 Å². The van der Waals surface area contributed by atoms with Crippen LogP contribution in [0, 0.1) is 11.3 Å². The van der Waals surface area contributed by atoms with Gasteiger partial charge in [0.15, 0.2) is 0 Å². The summed E-state index contributed by atoms with van der Waals surface area (Å²) in [5.41, 5.74) is 5.65. The molecular weight excluding hydrogens is 234 g/mol. The molecule has 0 aliphatic rings. The number of hydrogen-bond acceptors (Lipinski definition) is 6. The Labute approximate surface area is 105 Å². The summed E-state index contributed by atoms with van der Waals surface area (Å²) in [6, 6.07) is 2.00. The van der Waals surface area contributed by atoms with E-state index in [-0.39, 0.29) is 23.8 Å². The molecule has 0 unspecified atom stereocenters. The van der Waals surface area contributed by atoms with Crippen molar-refractivity contribution in [1.82, 2.24) is 14.9 Å². The van der Waals surface area contributed by atoms with Crippen LogP contribution in [0.5, 0.6) is 0 Å². The average Bonchev–Trinajstić information content (AvgIpc) is 2.38. The van der Waals surface area contributed by atoms with Gasteiger partial charge in [0, 0.05) is 20.2 Å². The van der Waals surface area contributed by atoms with Crippen molar-refractivity contribution in [3.05, 3.63) is 18.1 Å². The lowest BCUT2D eigenvalue weighted by Crippen LogP contribution is -2.35. The predicted octanol–water partition coefficient (Wildman–Crippen LogP) is 0.0611. The second-order valence-corrected chi connectivity index (χ2v) is 3.52. The van der Waals surface area contributed by atoms with Gasteiger partial charge in [-0.3, -0.25) is 9.78 Å². The summed E-state index contributed by atoms with van der Waals surface area (Å²) >= 11 is 0. The average molecular weight is 249 g/mol. The van der Waals surface area contributed by atoms with Crippen LogP contribution in [0.15, 0.2) is 12.4 Å². The molecule has 0 spiro atoms. The van der Waals surface area contributed by atoms with Gasteiger partial charge in [0.1, 0.15) is 11.5 Å². The van der Waals surface area contributed by atoms with E-state index in [0.29, 0.717) is 19.7 Å². The van der Waals surface area contributed by atoms with Crippen molar-refractivity contribution < 1.29 is 9.53 Å². The molecule has 1 rings (SSSR count). The van der Waals surface area contributed by atoms with Gasteiger partial charge in [0.05, 0.1) is 31.5 Å². The maximum Gasteiger partial charge on any atom is 0.274 e. The molecule has 1 aromatic heterocycles. The molecule has 0 radical (unpaired) electrons. The first-order valence-electron chi connectivity index (χ1n) is 5.41. The number of amides is 1. The zero-order valence-electron chi connectivity index (χ0n) is 10.2. The Kier molecular flexibility index (Phi) is 5.54. The minimum Gasteiger partial charge on any atom is -0.383 e. The number of rotatable bonds is 6. The third kappa shape index (κ3) is 3.99. The van der Waals surface area contributed by atoms with Gasteiger partial charge in [-0.1, -0.05) is 0 Å². The summed E-state index contributed by atoms with van der Waals surface area (Å²) in [6.07, 6.45) is 2.97. The first kappa shape index (κ1) is 13.9. The van der Waals surface area contributed by atoms with Crippen LogP contribution < -0.4 is 5.73 Å². The first-order chi connectivity index (χ1) is 8.69. The van der Waals surface area contributed by atoms with Crippen molar-refractivity contribution in [3.63, 3.8) is 0 Å². The number of methoxy groups -OCH3 is 1. The van der Waals surface area contributed by atoms with E-state index in [1.54, 1.807) is 7.11 Å². The quantitative estimate of drug-likeness (QED) is 0.764. The van der Waals surface area contributed by atoms with Crippen LogP contribution in [-0.4, -0.2) is 47.6 Å². The Morgan fingerprint density at radius 2 is 2.33 bits per heavy atom. The van der Waals surface area contributed by atoms with Crippen LogP contribution in [0.2, 0.25) is 0 Å². The highest BCUT2D eigenvalue weighted by Gasteiger charge is 2.17. The summed E-state index contributed by atoms with van der Waals surface area (Å²) in [7, 11) is 1.55. The molecule has 0 aliphatic heterocycles. The van der Waals surface area contributed by atoms with Gasteiger partial charge in [-0.05, 0) is 0 Å². The smallest absolute Gasteiger partial charge is 0.274 e.